The highest BCUT2D eigenvalue weighted by Crippen LogP contribution is 2.24. The summed E-state index contributed by atoms with van der Waals surface area (Å²) >= 11 is 0. The Labute approximate surface area is 279 Å². The Balaban J connectivity index is 1.40. The number of ether oxygens (including phenoxy) is 2. The smallest absolute Gasteiger partial charge is 0.254 e. The van der Waals surface area contributed by atoms with Gasteiger partial charge in [0.05, 0.1) is 25.7 Å². The first kappa shape index (κ1) is 34.4. The molecule has 0 unspecified atom stereocenters. The summed E-state index contributed by atoms with van der Waals surface area (Å²) in [6.45, 7) is 1.72. The van der Waals surface area contributed by atoms with Gasteiger partial charge in [0.15, 0.2) is 0 Å². The van der Waals surface area contributed by atoms with Crippen LogP contribution in [0.15, 0.2) is 79.3 Å². The van der Waals surface area contributed by atoms with Crippen LogP contribution in [0.3, 0.4) is 0 Å². The highest BCUT2D eigenvalue weighted by atomic mass is 32.2. The number of pyridine rings is 1. The summed E-state index contributed by atoms with van der Waals surface area (Å²) in [6, 6.07) is 16.0. The molecule has 0 radical (unpaired) electrons. The number of nitrogens with zero attached hydrogens (tertiary/aromatic N) is 6. The fourth-order valence-electron chi connectivity index (χ4n) is 5.52. The first-order valence-electron chi connectivity index (χ1n) is 15.7. The molecule has 12 nitrogen and oxygen atoms in total. The Kier molecular flexibility index (Phi) is 11.3. The van der Waals surface area contributed by atoms with Gasteiger partial charge in [0.1, 0.15) is 23.9 Å². The van der Waals surface area contributed by atoms with E-state index in [2.05, 4.69) is 9.97 Å². The van der Waals surface area contributed by atoms with Gasteiger partial charge < -0.3 is 23.8 Å². The van der Waals surface area contributed by atoms with E-state index < -0.39 is 28.3 Å². The molecule has 0 atom stereocenters. The quantitative estimate of drug-likeness (QED) is 0.299. The maximum atomic E-state index is 14.1. The third-order valence-corrected chi connectivity index (χ3v) is 9.11. The molecule has 4 aromatic rings. The number of sulfonamides is 1. The molecule has 5 rings (SSSR count). The lowest BCUT2D eigenvalue weighted by Gasteiger charge is -2.28. The van der Waals surface area contributed by atoms with Crippen LogP contribution in [0.4, 0.5) is 10.1 Å². The summed E-state index contributed by atoms with van der Waals surface area (Å²) in [5.74, 6) is 0.479. The zero-order chi connectivity index (χ0) is 34.1. The van der Waals surface area contributed by atoms with E-state index >= 15 is 0 Å². The molecule has 0 fully saturated rings. The lowest BCUT2D eigenvalue weighted by Crippen LogP contribution is -2.44. The SMILES string of the molecule is COc1cc(C(=O)N2CCCCN(C(=O)CN(c3cccc(F)c3)S(C)(=O)=O)CCn3ccnc3-c3cccc(c3)OCCC2)ccn1. The number of carbonyl (C=O) groups excluding carboxylic acids is 2. The molecule has 3 heterocycles. The second kappa shape index (κ2) is 15.7. The Morgan fingerprint density at radius 2 is 1.69 bits per heavy atom. The molecule has 2 aromatic heterocycles. The Bertz CT molecular complexity index is 1830. The van der Waals surface area contributed by atoms with Crippen molar-refractivity contribution in [2.24, 2.45) is 0 Å². The summed E-state index contributed by atoms with van der Waals surface area (Å²) in [5.41, 5.74) is 1.35. The number of carbonyl (C=O) groups is 2. The molecule has 2 aromatic carbocycles. The average Bonchev–Trinajstić information content (AvgIpc) is 3.55. The Hall–Kier alpha value is -4.98. The molecular weight excluding hydrogens is 639 g/mol. The van der Waals surface area contributed by atoms with E-state index in [0.29, 0.717) is 75.1 Å². The van der Waals surface area contributed by atoms with E-state index in [4.69, 9.17) is 9.47 Å². The van der Waals surface area contributed by atoms with Gasteiger partial charge in [-0.15, -0.1) is 0 Å². The molecule has 14 heteroatoms. The summed E-state index contributed by atoms with van der Waals surface area (Å²) in [6.07, 6.45) is 7.73. The zero-order valence-electron chi connectivity index (χ0n) is 27.0. The van der Waals surface area contributed by atoms with Gasteiger partial charge in [-0.05, 0) is 55.7 Å². The van der Waals surface area contributed by atoms with Gasteiger partial charge in [0, 0.05) is 68.5 Å². The molecule has 0 saturated heterocycles. The van der Waals surface area contributed by atoms with Crippen molar-refractivity contribution in [3.8, 4) is 23.0 Å². The minimum Gasteiger partial charge on any atom is -0.494 e. The van der Waals surface area contributed by atoms with Crippen molar-refractivity contribution in [3.63, 3.8) is 0 Å². The first-order chi connectivity index (χ1) is 23.1. The van der Waals surface area contributed by atoms with Gasteiger partial charge in [0.25, 0.3) is 5.91 Å². The number of hydrogen-bond donors (Lipinski definition) is 0. The van der Waals surface area contributed by atoms with Crippen molar-refractivity contribution >= 4 is 27.5 Å². The fourth-order valence-corrected chi connectivity index (χ4v) is 6.36. The monoisotopic (exact) mass is 678 g/mol. The number of methoxy groups -OCH3 is 1. The molecule has 48 heavy (non-hydrogen) atoms. The van der Waals surface area contributed by atoms with E-state index in [1.54, 1.807) is 28.1 Å². The van der Waals surface area contributed by atoms with Crippen molar-refractivity contribution in [3.05, 3.63) is 90.6 Å². The standard InChI is InChI=1S/C34H39FN6O6S/c1-46-31-23-27(12-13-36-31)34(43)40-16-4-3-15-38(32(42)25-41(48(2,44)45)29-10-6-9-28(35)24-29)19-20-39-18-14-37-33(39)26-8-5-11-30(22-26)47-21-7-17-40/h5-6,8-14,18,22-24H,3-4,7,15-17,19-21,25H2,1-2H3. The molecule has 254 valence electrons. The molecule has 0 spiro atoms. The van der Waals surface area contributed by atoms with Gasteiger partial charge in [-0.2, -0.15) is 0 Å². The highest BCUT2D eigenvalue weighted by molar-refractivity contribution is 7.92. The number of hydrogen-bond acceptors (Lipinski definition) is 8. The molecule has 1 aliphatic heterocycles. The second-order valence-corrected chi connectivity index (χ2v) is 13.3. The third kappa shape index (κ3) is 8.88. The van der Waals surface area contributed by atoms with Gasteiger partial charge >= 0.3 is 0 Å². The summed E-state index contributed by atoms with van der Waals surface area (Å²) in [7, 11) is -2.42. The number of halogens is 1. The predicted molar refractivity (Wildman–Crippen MR) is 179 cm³/mol. The second-order valence-electron chi connectivity index (χ2n) is 11.4. The zero-order valence-corrected chi connectivity index (χ0v) is 27.8. The van der Waals surface area contributed by atoms with Crippen LogP contribution in [0.5, 0.6) is 11.6 Å². The number of amides is 2. The number of benzene rings is 2. The number of aromatic nitrogens is 3. The van der Waals surface area contributed by atoms with Gasteiger partial charge in [0.2, 0.25) is 21.8 Å². The van der Waals surface area contributed by atoms with Crippen LogP contribution in [0.2, 0.25) is 0 Å². The van der Waals surface area contributed by atoms with Gasteiger partial charge in [-0.25, -0.2) is 22.8 Å². The number of rotatable bonds is 6. The normalized spacial score (nSPS) is 14.7. The number of fused-ring (bicyclic) bond motifs is 4. The molecule has 2 bridgehead atoms. The molecular formula is C34H39FN6O6S. The summed E-state index contributed by atoms with van der Waals surface area (Å²) in [5, 5.41) is 0. The summed E-state index contributed by atoms with van der Waals surface area (Å²) < 4.78 is 53.7. The minimum atomic E-state index is -3.91. The predicted octanol–water partition coefficient (Wildman–Crippen LogP) is 4.09. The van der Waals surface area contributed by atoms with Crippen molar-refractivity contribution in [2.75, 3.05) is 57.0 Å². The number of anilines is 1. The fraction of sp³-hybridized carbons (Fsp3) is 0.353. The minimum absolute atomic E-state index is 0.0669. The van der Waals surface area contributed by atoms with E-state index in [0.717, 1.165) is 22.2 Å². The maximum absolute atomic E-state index is 14.1. The van der Waals surface area contributed by atoms with E-state index in [1.165, 1.54) is 31.5 Å². The lowest BCUT2D eigenvalue weighted by atomic mass is 10.2. The van der Waals surface area contributed by atoms with Gasteiger partial charge in [-0.1, -0.05) is 18.2 Å². The van der Waals surface area contributed by atoms with Crippen molar-refractivity contribution < 1.29 is 31.9 Å². The maximum Gasteiger partial charge on any atom is 0.254 e. The molecule has 0 aliphatic carbocycles. The molecule has 0 saturated carbocycles. The average molecular weight is 679 g/mol. The number of imidazole rings is 1. The lowest BCUT2D eigenvalue weighted by molar-refractivity contribution is -0.129. The first-order valence-corrected chi connectivity index (χ1v) is 17.5. The molecule has 1 aliphatic rings. The van der Waals surface area contributed by atoms with Crippen LogP contribution in [-0.2, 0) is 21.4 Å². The van der Waals surface area contributed by atoms with Crippen LogP contribution in [-0.4, -0.2) is 97.3 Å². The van der Waals surface area contributed by atoms with E-state index in [9.17, 15) is 22.4 Å². The van der Waals surface area contributed by atoms with Crippen LogP contribution in [0, 0.1) is 5.82 Å². The Morgan fingerprint density at radius 1 is 0.917 bits per heavy atom. The van der Waals surface area contributed by atoms with Crippen molar-refractivity contribution in [2.45, 2.75) is 25.8 Å². The summed E-state index contributed by atoms with van der Waals surface area (Å²) in [4.78, 5) is 39.4. The van der Waals surface area contributed by atoms with Gasteiger partial charge in [-0.3, -0.25) is 13.9 Å². The molecule has 2 amide bonds. The Morgan fingerprint density at radius 3 is 2.46 bits per heavy atom. The van der Waals surface area contributed by atoms with Crippen molar-refractivity contribution in [1.29, 1.82) is 0 Å². The van der Waals surface area contributed by atoms with E-state index in [1.807, 2.05) is 35.0 Å². The largest absolute Gasteiger partial charge is 0.494 e. The highest BCUT2D eigenvalue weighted by Gasteiger charge is 2.25. The van der Waals surface area contributed by atoms with Crippen LogP contribution < -0.4 is 13.8 Å². The van der Waals surface area contributed by atoms with Crippen LogP contribution >= 0.6 is 0 Å². The van der Waals surface area contributed by atoms with Crippen molar-refractivity contribution in [1.82, 2.24) is 24.3 Å². The van der Waals surface area contributed by atoms with E-state index in [-0.39, 0.29) is 18.1 Å². The van der Waals surface area contributed by atoms with Crippen LogP contribution in [0.1, 0.15) is 29.6 Å². The molecule has 0 N–H and O–H groups in total. The topological polar surface area (TPSA) is 127 Å². The third-order valence-electron chi connectivity index (χ3n) is 7.97. The van der Waals surface area contributed by atoms with Crippen LogP contribution in [0.25, 0.3) is 11.4 Å².